The Morgan fingerprint density at radius 3 is 2.72 bits per heavy atom. The van der Waals surface area contributed by atoms with Crippen molar-refractivity contribution >= 4 is 45.0 Å². The van der Waals surface area contributed by atoms with Crippen LogP contribution in [0.3, 0.4) is 0 Å². The van der Waals surface area contributed by atoms with Gasteiger partial charge in [0, 0.05) is 5.56 Å². The van der Waals surface area contributed by atoms with E-state index in [4.69, 9.17) is 10.1 Å². The molecule has 0 fully saturated rings. The number of anilines is 1. The number of hydrogen-bond donors (Lipinski definition) is 1. The number of nitrogens with one attached hydrogen (secondary N) is 1. The number of rotatable bonds is 3. The molecule has 29 heavy (non-hydrogen) atoms. The number of carbonyl (C=O) groups is 1. The van der Waals surface area contributed by atoms with Gasteiger partial charge in [-0.15, -0.1) is 11.8 Å². The molecule has 2 aromatic heterocycles. The second-order valence-corrected chi connectivity index (χ2v) is 9.16. The summed E-state index contributed by atoms with van der Waals surface area (Å²) < 4.78 is 2.90. The molecule has 1 aliphatic rings. The van der Waals surface area contributed by atoms with Crippen molar-refractivity contribution in [3.8, 4) is 5.13 Å². The number of nitrogens with zero attached hydrogens (tertiary/aromatic N) is 3. The summed E-state index contributed by atoms with van der Waals surface area (Å²) in [5.41, 5.74) is 5.42. The molecule has 1 amide bonds. The van der Waals surface area contributed by atoms with Crippen LogP contribution in [-0.4, -0.2) is 26.4 Å². The molecule has 0 radical (unpaired) electrons. The van der Waals surface area contributed by atoms with E-state index in [2.05, 4.69) is 42.6 Å². The first-order valence-corrected chi connectivity index (χ1v) is 11.5. The average Bonchev–Trinajstić information content (AvgIpc) is 3.25. The minimum absolute atomic E-state index is 0.00816. The summed E-state index contributed by atoms with van der Waals surface area (Å²) in [6.07, 6.45) is 1.01. The van der Waals surface area contributed by atoms with Crippen LogP contribution in [0.25, 0.3) is 15.3 Å². The molecule has 0 spiro atoms. The van der Waals surface area contributed by atoms with Gasteiger partial charge in [0.05, 0.1) is 26.9 Å². The van der Waals surface area contributed by atoms with Gasteiger partial charge in [0.25, 0.3) is 0 Å². The van der Waals surface area contributed by atoms with Crippen LogP contribution in [0.4, 0.5) is 5.82 Å². The van der Waals surface area contributed by atoms with Gasteiger partial charge < -0.3 is 5.32 Å². The predicted molar refractivity (Wildman–Crippen MR) is 120 cm³/mol. The van der Waals surface area contributed by atoms with Crippen molar-refractivity contribution in [2.24, 2.45) is 0 Å². The Labute approximate surface area is 177 Å². The van der Waals surface area contributed by atoms with Gasteiger partial charge >= 0.3 is 0 Å². The van der Waals surface area contributed by atoms with E-state index in [-0.39, 0.29) is 11.2 Å². The number of aryl methyl sites for hydroxylation is 2. The molecule has 0 saturated carbocycles. The fourth-order valence-corrected chi connectivity index (χ4v) is 5.78. The van der Waals surface area contributed by atoms with Gasteiger partial charge in [0.1, 0.15) is 5.82 Å². The minimum Gasteiger partial charge on any atom is -0.310 e. The second-order valence-electron chi connectivity index (χ2n) is 7.06. The molecule has 5 nitrogen and oxygen atoms in total. The van der Waals surface area contributed by atoms with Gasteiger partial charge in [-0.05, 0) is 36.6 Å². The lowest BCUT2D eigenvalue weighted by Gasteiger charge is -2.15. The van der Waals surface area contributed by atoms with Crippen molar-refractivity contribution in [3.05, 3.63) is 70.9 Å². The van der Waals surface area contributed by atoms with Crippen LogP contribution in [0, 0.1) is 6.92 Å². The standard InChI is InChI=1S/C22H20N4OS2/c1-3-14-8-10-15(11-9-14)20-19-13(2)25-26(21(19)24-18(27)12-28-20)22-23-16-6-4-5-7-17(16)29-22/h4-11,20H,3,12H2,1-2H3,(H,24,27). The summed E-state index contributed by atoms with van der Waals surface area (Å²) in [4.78, 5) is 17.2. The zero-order chi connectivity index (χ0) is 20.0. The van der Waals surface area contributed by atoms with E-state index in [0.29, 0.717) is 5.75 Å². The Morgan fingerprint density at radius 2 is 1.97 bits per heavy atom. The van der Waals surface area contributed by atoms with Crippen molar-refractivity contribution in [2.75, 3.05) is 11.1 Å². The number of benzene rings is 2. The van der Waals surface area contributed by atoms with Crippen molar-refractivity contribution in [3.63, 3.8) is 0 Å². The number of aromatic nitrogens is 3. The maximum atomic E-state index is 12.5. The predicted octanol–water partition coefficient (Wildman–Crippen LogP) is 5.13. The van der Waals surface area contributed by atoms with Crippen LogP contribution >= 0.6 is 23.1 Å². The van der Waals surface area contributed by atoms with Gasteiger partial charge in [0.15, 0.2) is 0 Å². The Bertz CT molecular complexity index is 1180. The largest absolute Gasteiger partial charge is 0.310 e. The number of hydrogen-bond acceptors (Lipinski definition) is 5. The van der Waals surface area contributed by atoms with Gasteiger partial charge in [-0.3, -0.25) is 4.79 Å². The van der Waals surface area contributed by atoms with Crippen LogP contribution < -0.4 is 5.32 Å². The van der Waals surface area contributed by atoms with Gasteiger partial charge in [-0.25, -0.2) is 4.98 Å². The SMILES string of the molecule is CCc1ccc(C2SCC(=O)Nc3c2c(C)nn3-c2nc3ccccc3s2)cc1. The molecular weight excluding hydrogens is 400 g/mol. The molecule has 1 N–H and O–H groups in total. The number of para-hydroxylation sites is 1. The van der Waals surface area contributed by atoms with Crippen LogP contribution in [-0.2, 0) is 11.2 Å². The van der Waals surface area contributed by atoms with E-state index in [1.165, 1.54) is 11.1 Å². The summed E-state index contributed by atoms with van der Waals surface area (Å²) in [6.45, 7) is 4.16. The van der Waals surface area contributed by atoms with Gasteiger partial charge in [0.2, 0.25) is 11.0 Å². The maximum Gasteiger partial charge on any atom is 0.235 e. The monoisotopic (exact) mass is 420 g/mol. The molecule has 7 heteroatoms. The van der Waals surface area contributed by atoms with Crippen LogP contribution in [0.1, 0.15) is 34.6 Å². The van der Waals surface area contributed by atoms with Crippen LogP contribution in [0.2, 0.25) is 0 Å². The van der Waals surface area contributed by atoms with E-state index in [1.807, 2.05) is 25.1 Å². The Balaban J connectivity index is 1.66. The average molecular weight is 421 g/mol. The number of carbonyl (C=O) groups excluding carboxylic acids is 1. The highest BCUT2D eigenvalue weighted by Gasteiger charge is 2.31. The zero-order valence-corrected chi connectivity index (χ0v) is 17.8. The van der Waals surface area contributed by atoms with E-state index in [9.17, 15) is 4.79 Å². The van der Waals surface area contributed by atoms with Crippen molar-refractivity contribution in [2.45, 2.75) is 25.5 Å². The highest BCUT2D eigenvalue weighted by molar-refractivity contribution is 8.00. The van der Waals surface area contributed by atoms with Crippen molar-refractivity contribution < 1.29 is 4.79 Å². The van der Waals surface area contributed by atoms with E-state index in [0.717, 1.165) is 38.8 Å². The third kappa shape index (κ3) is 3.24. The van der Waals surface area contributed by atoms with E-state index in [1.54, 1.807) is 27.8 Å². The summed E-state index contributed by atoms with van der Waals surface area (Å²) in [6, 6.07) is 16.7. The third-order valence-corrected chi connectivity index (χ3v) is 7.44. The smallest absolute Gasteiger partial charge is 0.235 e. The molecule has 146 valence electrons. The molecular formula is C22H20N4OS2. The molecule has 2 aromatic carbocycles. The molecule has 0 aliphatic carbocycles. The Kier molecular flexibility index (Phi) is 4.64. The number of thioether (sulfide) groups is 1. The summed E-state index contributed by atoms with van der Waals surface area (Å²) in [5.74, 6) is 1.14. The highest BCUT2D eigenvalue weighted by Crippen LogP contribution is 2.44. The molecule has 1 atom stereocenters. The lowest BCUT2D eigenvalue weighted by atomic mass is 10.0. The molecule has 5 rings (SSSR count). The number of thiazole rings is 1. The van der Waals surface area contributed by atoms with Gasteiger partial charge in [-0.2, -0.15) is 9.78 Å². The first kappa shape index (κ1) is 18.4. The van der Waals surface area contributed by atoms with Crippen LogP contribution in [0.15, 0.2) is 48.5 Å². The molecule has 3 heterocycles. The quantitative estimate of drug-likeness (QED) is 0.499. The highest BCUT2D eigenvalue weighted by atomic mass is 32.2. The normalized spacial score (nSPS) is 16.5. The second kappa shape index (κ2) is 7.31. The summed E-state index contributed by atoms with van der Waals surface area (Å²) >= 11 is 3.22. The number of amides is 1. The first-order valence-electron chi connectivity index (χ1n) is 9.60. The lowest BCUT2D eigenvalue weighted by molar-refractivity contribution is -0.113. The minimum atomic E-state index is -0.00816. The van der Waals surface area contributed by atoms with E-state index >= 15 is 0 Å². The Morgan fingerprint density at radius 1 is 1.17 bits per heavy atom. The summed E-state index contributed by atoms with van der Waals surface area (Å²) in [5, 5.41) is 8.68. The topological polar surface area (TPSA) is 59.8 Å². The first-order chi connectivity index (χ1) is 14.1. The maximum absolute atomic E-state index is 12.5. The van der Waals surface area contributed by atoms with Gasteiger partial charge in [-0.1, -0.05) is 54.7 Å². The number of fused-ring (bicyclic) bond motifs is 2. The molecule has 0 saturated heterocycles. The van der Waals surface area contributed by atoms with Crippen molar-refractivity contribution in [1.29, 1.82) is 0 Å². The third-order valence-electron chi connectivity index (χ3n) is 5.16. The van der Waals surface area contributed by atoms with Crippen LogP contribution in [0.5, 0.6) is 0 Å². The lowest BCUT2D eigenvalue weighted by Crippen LogP contribution is -2.15. The van der Waals surface area contributed by atoms with Crippen molar-refractivity contribution in [1.82, 2.24) is 14.8 Å². The molecule has 1 unspecified atom stereocenters. The zero-order valence-electron chi connectivity index (χ0n) is 16.2. The molecule has 0 bridgehead atoms. The Hall–Kier alpha value is -2.64. The fraction of sp³-hybridized carbons (Fsp3) is 0.227. The molecule has 4 aromatic rings. The molecule has 1 aliphatic heterocycles. The summed E-state index contributed by atoms with van der Waals surface area (Å²) in [7, 11) is 0. The fourth-order valence-electron chi connectivity index (χ4n) is 3.66. The van der Waals surface area contributed by atoms with E-state index < -0.39 is 0 Å².